The molecule has 198 valence electrons. The number of hydrogen-bond acceptors (Lipinski definition) is 6. The van der Waals surface area contributed by atoms with Gasteiger partial charge in [-0.25, -0.2) is 0 Å². The van der Waals surface area contributed by atoms with Gasteiger partial charge >= 0.3 is 6.18 Å². The molecule has 0 aromatic heterocycles. The summed E-state index contributed by atoms with van der Waals surface area (Å²) in [5, 5.41) is 5.35. The third-order valence-electron chi connectivity index (χ3n) is 7.15. The van der Waals surface area contributed by atoms with Gasteiger partial charge in [-0.1, -0.05) is 6.07 Å². The van der Waals surface area contributed by atoms with Crippen LogP contribution in [0.1, 0.15) is 35.2 Å². The van der Waals surface area contributed by atoms with Crippen LogP contribution in [0.4, 0.5) is 18.9 Å². The van der Waals surface area contributed by atoms with Crippen molar-refractivity contribution in [2.75, 3.05) is 44.4 Å². The summed E-state index contributed by atoms with van der Waals surface area (Å²) >= 11 is 0. The minimum atomic E-state index is -4.54. The van der Waals surface area contributed by atoms with Crippen LogP contribution in [0.25, 0.3) is 0 Å². The minimum absolute atomic E-state index is 0.0233. The molecule has 3 aliphatic heterocycles. The number of alkyl halides is 3. The highest BCUT2D eigenvalue weighted by molar-refractivity contribution is 5.96. The highest BCUT2D eigenvalue weighted by Crippen LogP contribution is 2.36. The molecule has 0 spiro atoms. The Balaban J connectivity index is 1.05. The molecule has 2 fully saturated rings. The molecule has 2 N–H and O–H groups in total. The maximum atomic E-state index is 12.9. The fourth-order valence-corrected chi connectivity index (χ4v) is 5.19. The highest BCUT2D eigenvalue weighted by atomic mass is 19.4. The van der Waals surface area contributed by atoms with Gasteiger partial charge in [-0.15, -0.1) is 0 Å². The predicted octanol–water partition coefficient (Wildman–Crippen LogP) is 3.02. The van der Waals surface area contributed by atoms with Crippen molar-refractivity contribution in [2.45, 2.75) is 37.5 Å². The van der Waals surface area contributed by atoms with Crippen LogP contribution in [0, 0.1) is 0 Å². The SMILES string of the molecule is O=C(CNC(=O)c1cccc(C(F)(F)F)c1)N[C@@H]1CCN(C2CCN(c3ccc4c(c3)OCO4)CC2)C1. The Morgan fingerprint density at radius 2 is 1.76 bits per heavy atom. The molecule has 3 aliphatic rings. The fraction of sp³-hybridized carbons (Fsp3) is 0.462. The Labute approximate surface area is 212 Å². The molecule has 2 aromatic rings. The second-order valence-electron chi connectivity index (χ2n) is 9.57. The maximum Gasteiger partial charge on any atom is 0.416 e. The Kier molecular flexibility index (Phi) is 7.14. The smallest absolute Gasteiger partial charge is 0.416 e. The van der Waals surface area contributed by atoms with E-state index in [9.17, 15) is 22.8 Å². The van der Waals surface area contributed by atoms with Crippen LogP contribution in [-0.2, 0) is 11.0 Å². The monoisotopic (exact) mass is 518 g/mol. The molecule has 11 heteroatoms. The number of anilines is 1. The van der Waals surface area contributed by atoms with E-state index in [0.29, 0.717) is 6.04 Å². The second-order valence-corrected chi connectivity index (χ2v) is 9.57. The molecule has 1 atom stereocenters. The normalized spacial score (nSPS) is 20.2. The molecule has 2 amide bonds. The maximum absolute atomic E-state index is 12.9. The Morgan fingerprint density at radius 3 is 2.54 bits per heavy atom. The van der Waals surface area contributed by atoms with Gasteiger partial charge in [0.05, 0.1) is 12.1 Å². The first-order valence-corrected chi connectivity index (χ1v) is 12.4. The van der Waals surface area contributed by atoms with E-state index in [2.05, 4.69) is 26.5 Å². The first-order chi connectivity index (χ1) is 17.8. The van der Waals surface area contributed by atoms with Crippen molar-refractivity contribution < 1.29 is 32.2 Å². The van der Waals surface area contributed by atoms with Crippen LogP contribution >= 0.6 is 0 Å². The molecule has 2 aromatic carbocycles. The molecular weight excluding hydrogens is 489 g/mol. The number of likely N-dealkylation sites (tertiary alicyclic amines) is 1. The summed E-state index contributed by atoms with van der Waals surface area (Å²) in [4.78, 5) is 29.4. The van der Waals surface area contributed by atoms with Gasteiger partial charge in [0.25, 0.3) is 5.91 Å². The van der Waals surface area contributed by atoms with E-state index in [1.165, 1.54) is 12.1 Å². The molecule has 37 heavy (non-hydrogen) atoms. The largest absolute Gasteiger partial charge is 0.454 e. The Bertz CT molecular complexity index is 1150. The molecule has 0 saturated carbocycles. The number of benzene rings is 2. The average Bonchev–Trinajstić information content (AvgIpc) is 3.56. The Hall–Kier alpha value is -3.47. The summed E-state index contributed by atoms with van der Waals surface area (Å²) < 4.78 is 49.5. The summed E-state index contributed by atoms with van der Waals surface area (Å²) in [6.07, 6.45) is -1.69. The van der Waals surface area contributed by atoms with Gasteiger partial charge in [0, 0.05) is 55.6 Å². The number of carbonyl (C=O) groups is 2. The lowest BCUT2D eigenvalue weighted by atomic mass is 10.0. The van der Waals surface area contributed by atoms with Gasteiger partial charge in [-0.3, -0.25) is 14.5 Å². The number of rotatable bonds is 6. The van der Waals surface area contributed by atoms with Gasteiger partial charge < -0.3 is 25.0 Å². The van der Waals surface area contributed by atoms with Crippen molar-refractivity contribution >= 4 is 17.5 Å². The lowest BCUT2D eigenvalue weighted by Gasteiger charge is -2.38. The lowest BCUT2D eigenvalue weighted by molar-refractivity contribution is -0.137. The van der Waals surface area contributed by atoms with E-state index in [-0.39, 0.29) is 30.9 Å². The van der Waals surface area contributed by atoms with Crippen LogP contribution in [-0.4, -0.2) is 68.3 Å². The van der Waals surface area contributed by atoms with Crippen molar-refractivity contribution in [3.05, 3.63) is 53.6 Å². The number of carbonyl (C=O) groups excluding carboxylic acids is 2. The highest BCUT2D eigenvalue weighted by Gasteiger charge is 2.32. The number of fused-ring (bicyclic) bond motifs is 1. The standard InChI is InChI=1S/C26H29F3N4O4/c27-26(28,29)18-3-1-2-17(12-18)25(35)30-14-24(34)31-19-6-9-33(15-19)20-7-10-32(11-8-20)21-4-5-22-23(13-21)37-16-36-22/h1-5,12-13,19-20H,6-11,14-16H2,(H,30,35)(H,31,34)/t19-/m1/s1. The third-order valence-corrected chi connectivity index (χ3v) is 7.15. The van der Waals surface area contributed by atoms with Crippen molar-refractivity contribution in [3.8, 4) is 11.5 Å². The van der Waals surface area contributed by atoms with E-state index in [0.717, 1.165) is 74.8 Å². The van der Waals surface area contributed by atoms with E-state index < -0.39 is 17.6 Å². The number of nitrogens with zero attached hydrogens (tertiary/aromatic N) is 2. The average molecular weight is 519 g/mol. The van der Waals surface area contributed by atoms with Gasteiger partial charge in [0.15, 0.2) is 11.5 Å². The molecule has 0 aliphatic carbocycles. The first kappa shape index (κ1) is 25.2. The van der Waals surface area contributed by atoms with E-state index in [1.807, 2.05) is 12.1 Å². The van der Waals surface area contributed by atoms with Crippen LogP contribution < -0.4 is 25.0 Å². The zero-order chi connectivity index (χ0) is 26.0. The van der Waals surface area contributed by atoms with E-state index in [1.54, 1.807) is 0 Å². The molecule has 8 nitrogen and oxygen atoms in total. The van der Waals surface area contributed by atoms with Crippen molar-refractivity contribution in [2.24, 2.45) is 0 Å². The quantitative estimate of drug-likeness (QED) is 0.612. The molecule has 0 unspecified atom stereocenters. The summed E-state index contributed by atoms with van der Waals surface area (Å²) in [6.45, 7) is 3.45. The van der Waals surface area contributed by atoms with Crippen molar-refractivity contribution in [1.82, 2.24) is 15.5 Å². The minimum Gasteiger partial charge on any atom is -0.454 e. The summed E-state index contributed by atoms with van der Waals surface area (Å²) in [5.74, 6) is 0.483. The van der Waals surface area contributed by atoms with Crippen molar-refractivity contribution in [1.29, 1.82) is 0 Å². The third kappa shape index (κ3) is 5.93. The molecule has 0 radical (unpaired) electrons. The number of piperidine rings is 1. The Morgan fingerprint density at radius 1 is 0.973 bits per heavy atom. The lowest BCUT2D eigenvalue weighted by Crippen LogP contribution is -2.46. The first-order valence-electron chi connectivity index (χ1n) is 12.4. The number of ether oxygens (including phenoxy) is 2. The second kappa shape index (κ2) is 10.5. The van der Waals surface area contributed by atoms with Crippen LogP contribution in [0.15, 0.2) is 42.5 Å². The number of nitrogens with one attached hydrogen (secondary N) is 2. The zero-order valence-electron chi connectivity index (χ0n) is 20.2. The van der Waals surface area contributed by atoms with E-state index >= 15 is 0 Å². The summed E-state index contributed by atoms with van der Waals surface area (Å²) in [6, 6.07) is 10.6. The number of hydrogen-bond donors (Lipinski definition) is 2. The van der Waals surface area contributed by atoms with Crippen LogP contribution in [0.2, 0.25) is 0 Å². The molecule has 5 rings (SSSR count). The molecular formula is C26H29F3N4O4. The number of halogens is 3. The van der Waals surface area contributed by atoms with Gasteiger partial charge in [0.1, 0.15) is 0 Å². The predicted molar refractivity (Wildman–Crippen MR) is 130 cm³/mol. The topological polar surface area (TPSA) is 83.1 Å². The zero-order valence-corrected chi connectivity index (χ0v) is 20.2. The van der Waals surface area contributed by atoms with Gasteiger partial charge in [0.2, 0.25) is 12.7 Å². The van der Waals surface area contributed by atoms with E-state index in [4.69, 9.17) is 9.47 Å². The molecule has 3 heterocycles. The van der Waals surface area contributed by atoms with Gasteiger partial charge in [-0.2, -0.15) is 13.2 Å². The van der Waals surface area contributed by atoms with Crippen LogP contribution in [0.3, 0.4) is 0 Å². The van der Waals surface area contributed by atoms with Crippen LogP contribution in [0.5, 0.6) is 11.5 Å². The summed E-state index contributed by atoms with van der Waals surface area (Å²) in [5.41, 5.74) is 0.0839. The molecule has 0 bridgehead atoms. The number of amides is 2. The van der Waals surface area contributed by atoms with Gasteiger partial charge in [-0.05, 0) is 49.6 Å². The fourth-order valence-electron chi connectivity index (χ4n) is 5.19. The van der Waals surface area contributed by atoms with Crippen molar-refractivity contribution in [3.63, 3.8) is 0 Å². The summed E-state index contributed by atoms with van der Waals surface area (Å²) in [7, 11) is 0. The molecule has 2 saturated heterocycles.